The zero-order chi connectivity index (χ0) is 13.0. The molecule has 0 aliphatic carbocycles. The highest BCUT2D eigenvalue weighted by Gasteiger charge is 2.15. The summed E-state index contributed by atoms with van der Waals surface area (Å²) in [6.07, 6.45) is 3.71. The van der Waals surface area contributed by atoms with Crippen LogP contribution in [0.25, 0.3) is 0 Å². The van der Waals surface area contributed by atoms with E-state index in [0.29, 0.717) is 11.8 Å². The average Bonchev–Trinajstić information content (AvgIpc) is 2.99. The maximum atomic E-state index is 5.23. The second kappa shape index (κ2) is 5.77. The predicted octanol–water partition coefficient (Wildman–Crippen LogP) is 1.74. The molecule has 0 unspecified atom stereocenters. The first-order chi connectivity index (χ1) is 8.66. The van der Waals surface area contributed by atoms with Crippen LogP contribution in [0, 0.1) is 0 Å². The van der Waals surface area contributed by atoms with Gasteiger partial charge in [0.15, 0.2) is 5.82 Å². The summed E-state index contributed by atoms with van der Waals surface area (Å²) >= 11 is 0. The first-order valence-corrected chi connectivity index (χ1v) is 6.21. The summed E-state index contributed by atoms with van der Waals surface area (Å²) in [5, 5.41) is 11.4. The Hall–Kier alpha value is -1.69. The van der Waals surface area contributed by atoms with Crippen LogP contribution in [-0.4, -0.2) is 26.5 Å². The van der Waals surface area contributed by atoms with Gasteiger partial charge in [-0.1, -0.05) is 19.0 Å². The second-order valence-electron chi connectivity index (χ2n) is 4.59. The molecule has 0 aliphatic heterocycles. The number of hydrogen-bond donors (Lipinski definition) is 1. The van der Waals surface area contributed by atoms with Gasteiger partial charge in [-0.15, -0.1) is 0 Å². The van der Waals surface area contributed by atoms with Crippen molar-refractivity contribution in [1.82, 2.24) is 25.2 Å². The van der Waals surface area contributed by atoms with Crippen LogP contribution in [0.15, 0.2) is 23.0 Å². The van der Waals surface area contributed by atoms with E-state index in [1.165, 1.54) is 0 Å². The van der Waals surface area contributed by atoms with Crippen molar-refractivity contribution < 1.29 is 4.52 Å². The highest BCUT2D eigenvalue weighted by atomic mass is 16.5. The Morgan fingerprint density at radius 3 is 2.83 bits per heavy atom. The lowest BCUT2D eigenvalue weighted by atomic mass is 10.2. The summed E-state index contributed by atoms with van der Waals surface area (Å²) in [4.78, 5) is 4.36. The maximum Gasteiger partial charge on any atom is 0.243 e. The minimum absolute atomic E-state index is 0.0561. The molecular weight excluding hydrogens is 230 g/mol. The van der Waals surface area contributed by atoms with Crippen LogP contribution in [0.1, 0.15) is 44.4 Å². The van der Waals surface area contributed by atoms with Crippen molar-refractivity contribution in [1.29, 1.82) is 0 Å². The third-order valence-electron chi connectivity index (χ3n) is 2.69. The van der Waals surface area contributed by atoms with E-state index >= 15 is 0 Å². The molecule has 0 spiro atoms. The Morgan fingerprint density at radius 2 is 2.22 bits per heavy atom. The largest absolute Gasteiger partial charge is 0.338 e. The molecule has 0 radical (unpaired) electrons. The van der Waals surface area contributed by atoms with Crippen LogP contribution in [0.5, 0.6) is 0 Å². The molecule has 2 aromatic rings. The standard InChI is InChI=1S/C12H19N5O/c1-9(2)11-15-12(18-16-11)10(3)13-6-8-17-7-4-5-14-17/h4-5,7,9-10,13H,6,8H2,1-3H3/t10-/m1/s1. The van der Waals surface area contributed by atoms with Gasteiger partial charge in [0.05, 0.1) is 12.6 Å². The first kappa shape index (κ1) is 12.8. The van der Waals surface area contributed by atoms with Gasteiger partial charge >= 0.3 is 0 Å². The lowest BCUT2D eigenvalue weighted by Gasteiger charge is -2.09. The molecule has 0 bridgehead atoms. The Bertz CT molecular complexity index is 463. The van der Waals surface area contributed by atoms with Gasteiger partial charge in [-0.25, -0.2) is 0 Å². The van der Waals surface area contributed by atoms with E-state index in [1.54, 1.807) is 6.20 Å². The fourth-order valence-corrected chi connectivity index (χ4v) is 1.57. The first-order valence-electron chi connectivity index (χ1n) is 6.21. The van der Waals surface area contributed by atoms with Crippen LogP contribution in [0.4, 0.5) is 0 Å². The SMILES string of the molecule is CC(C)c1noc([C@@H](C)NCCn2cccn2)n1. The monoisotopic (exact) mass is 249 g/mol. The number of aromatic nitrogens is 4. The number of nitrogens with one attached hydrogen (secondary N) is 1. The van der Waals surface area contributed by atoms with Crippen molar-refractivity contribution in [3.8, 4) is 0 Å². The van der Waals surface area contributed by atoms with Crippen molar-refractivity contribution in [2.24, 2.45) is 0 Å². The number of hydrogen-bond acceptors (Lipinski definition) is 5. The van der Waals surface area contributed by atoms with Gasteiger partial charge in [0.2, 0.25) is 5.89 Å². The predicted molar refractivity (Wildman–Crippen MR) is 67.0 cm³/mol. The third kappa shape index (κ3) is 3.16. The molecule has 0 fully saturated rings. The smallest absolute Gasteiger partial charge is 0.243 e. The lowest BCUT2D eigenvalue weighted by molar-refractivity contribution is 0.332. The molecule has 0 amide bonds. The molecule has 1 atom stereocenters. The summed E-state index contributed by atoms with van der Waals surface area (Å²) in [6, 6.07) is 1.97. The van der Waals surface area contributed by atoms with Crippen LogP contribution in [-0.2, 0) is 6.54 Å². The highest BCUT2D eigenvalue weighted by Crippen LogP contribution is 2.14. The number of rotatable bonds is 6. The van der Waals surface area contributed by atoms with E-state index in [0.717, 1.165) is 18.9 Å². The molecule has 18 heavy (non-hydrogen) atoms. The maximum absolute atomic E-state index is 5.23. The lowest BCUT2D eigenvalue weighted by Crippen LogP contribution is -2.23. The van der Waals surface area contributed by atoms with E-state index in [2.05, 4.69) is 20.6 Å². The molecule has 2 heterocycles. The highest BCUT2D eigenvalue weighted by molar-refractivity contribution is 4.95. The van der Waals surface area contributed by atoms with Crippen molar-refractivity contribution in [3.05, 3.63) is 30.2 Å². The topological polar surface area (TPSA) is 68.8 Å². The average molecular weight is 249 g/mol. The zero-order valence-corrected chi connectivity index (χ0v) is 11.0. The fourth-order valence-electron chi connectivity index (χ4n) is 1.57. The van der Waals surface area contributed by atoms with E-state index in [1.807, 2.05) is 37.7 Å². The molecule has 98 valence electrons. The van der Waals surface area contributed by atoms with Gasteiger partial charge in [0.25, 0.3) is 0 Å². The van der Waals surface area contributed by atoms with E-state index in [4.69, 9.17) is 4.52 Å². The Balaban J connectivity index is 1.81. The normalized spacial score (nSPS) is 13.1. The molecule has 0 aliphatic rings. The molecule has 0 saturated carbocycles. The summed E-state index contributed by atoms with van der Waals surface area (Å²) in [7, 11) is 0. The summed E-state index contributed by atoms with van der Waals surface area (Å²) in [6.45, 7) is 7.74. The fraction of sp³-hybridized carbons (Fsp3) is 0.583. The van der Waals surface area contributed by atoms with Gasteiger partial charge in [0.1, 0.15) is 0 Å². The quantitative estimate of drug-likeness (QED) is 0.844. The summed E-state index contributed by atoms with van der Waals surface area (Å²) in [5.41, 5.74) is 0. The Kier molecular flexibility index (Phi) is 4.09. The Labute approximate surface area is 106 Å². The van der Waals surface area contributed by atoms with Crippen LogP contribution < -0.4 is 5.32 Å². The van der Waals surface area contributed by atoms with Crippen molar-refractivity contribution in [2.75, 3.05) is 6.54 Å². The van der Waals surface area contributed by atoms with Gasteiger partial charge in [-0.3, -0.25) is 4.68 Å². The van der Waals surface area contributed by atoms with Gasteiger partial charge in [-0.05, 0) is 13.0 Å². The molecule has 0 aromatic carbocycles. The number of nitrogens with zero attached hydrogens (tertiary/aromatic N) is 4. The van der Waals surface area contributed by atoms with Crippen molar-refractivity contribution >= 4 is 0 Å². The van der Waals surface area contributed by atoms with Gasteiger partial charge in [0, 0.05) is 24.9 Å². The van der Waals surface area contributed by atoms with E-state index < -0.39 is 0 Å². The summed E-state index contributed by atoms with van der Waals surface area (Å²) in [5.74, 6) is 1.68. The van der Waals surface area contributed by atoms with Gasteiger partial charge in [-0.2, -0.15) is 10.1 Å². The molecule has 6 heteroatoms. The summed E-state index contributed by atoms with van der Waals surface area (Å²) < 4.78 is 7.11. The third-order valence-corrected chi connectivity index (χ3v) is 2.69. The van der Waals surface area contributed by atoms with Crippen LogP contribution in [0.3, 0.4) is 0 Å². The second-order valence-corrected chi connectivity index (χ2v) is 4.59. The zero-order valence-electron chi connectivity index (χ0n) is 11.0. The molecule has 0 saturated heterocycles. The molecular formula is C12H19N5O. The molecule has 1 N–H and O–H groups in total. The van der Waals surface area contributed by atoms with E-state index in [-0.39, 0.29) is 6.04 Å². The van der Waals surface area contributed by atoms with Crippen molar-refractivity contribution in [2.45, 2.75) is 39.3 Å². The van der Waals surface area contributed by atoms with Crippen LogP contribution in [0.2, 0.25) is 0 Å². The van der Waals surface area contributed by atoms with E-state index in [9.17, 15) is 0 Å². The minimum Gasteiger partial charge on any atom is -0.338 e. The van der Waals surface area contributed by atoms with Gasteiger partial charge < -0.3 is 9.84 Å². The molecule has 6 nitrogen and oxygen atoms in total. The van der Waals surface area contributed by atoms with Crippen molar-refractivity contribution in [3.63, 3.8) is 0 Å². The Morgan fingerprint density at radius 1 is 1.39 bits per heavy atom. The van der Waals surface area contributed by atoms with Crippen LogP contribution >= 0.6 is 0 Å². The molecule has 2 aromatic heterocycles. The molecule has 2 rings (SSSR count). The minimum atomic E-state index is 0.0561.